The average molecular weight is 324 g/mol. The van der Waals surface area contributed by atoms with Crippen molar-refractivity contribution in [2.45, 2.75) is 39.1 Å². The molecule has 0 aliphatic rings. The van der Waals surface area contributed by atoms with E-state index < -0.39 is 0 Å². The summed E-state index contributed by atoms with van der Waals surface area (Å²) in [6.45, 7) is 6.80. The van der Waals surface area contributed by atoms with Crippen LogP contribution in [0.25, 0.3) is 11.2 Å². The molecule has 7 heteroatoms. The van der Waals surface area contributed by atoms with Gasteiger partial charge in [-0.1, -0.05) is 6.92 Å². The molecule has 0 fully saturated rings. The minimum Gasteiger partial charge on any atom is -0.306 e. The Hall–Kier alpha value is -1.40. The maximum Gasteiger partial charge on any atom is 0.159 e. The number of imidazole rings is 1. The van der Waals surface area contributed by atoms with Crippen molar-refractivity contribution in [2.75, 3.05) is 0 Å². The average Bonchev–Trinajstić information content (AvgIpc) is 3.07. The summed E-state index contributed by atoms with van der Waals surface area (Å²) in [7, 11) is 1.96. The standard InChI is InChI=1S/C14H18ClN5S/c1-5-11-12-14(19(4)18-11)20(13(17-12)8(2)15)7-10-6-16-9(3)21-10/h6,8H,5,7H2,1-4H3. The predicted octanol–water partition coefficient (Wildman–Crippen LogP) is 3.45. The SMILES string of the molecule is CCc1nn(C)c2c1nc(C(C)Cl)n2Cc1cnc(C)s1. The molecule has 0 aliphatic heterocycles. The molecular formula is C14H18ClN5S. The molecule has 3 aromatic heterocycles. The molecule has 0 saturated carbocycles. The molecule has 1 unspecified atom stereocenters. The third-order valence-electron chi connectivity index (χ3n) is 3.49. The lowest BCUT2D eigenvalue weighted by Gasteiger charge is -2.09. The lowest BCUT2D eigenvalue weighted by Crippen LogP contribution is -2.08. The number of thiazole rings is 1. The summed E-state index contributed by atoms with van der Waals surface area (Å²) in [5.41, 5.74) is 3.01. The largest absolute Gasteiger partial charge is 0.306 e. The zero-order valence-corrected chi connectivity index (χ0v) is 14.2. The molecule has 0 radical (unpaired) electrons. The summed E-state index contributed by atoms with van der Waals surface area (Å²) < 4.78 is 4.06. The van der Waals surface area contributed by atoms with E-state index in [-0.39, 0.29) is 5.38 Å². The van der Waals surface area contributed by atoms with Crippen LogP contribution in [0.3, 0.4) is 0 Å². The van der Waals surface area contributed by atoms with Crippen molar-refractivity contribution >= 4 is 34.1 Å². The number of alkyl halides is 1. The highest BCUT2D eigenvalue weighted by molar-refractivity contribution is 7.11. The Morgan fingerprint density at radius 1 is 1.43 bits per heavy atom. The van der Waals surface area contributed by atoms with Gasteiger partial charge in [0.1, 0.15) is 11.3 Å². The molecule has 3 heterocycles. The van der Waals surface area contributed by atoms with Crippen molar-refractivity contribution in [3.05, 3.63) is 27.6 Å². The van der Waals surface area contributed by atoms with Crippen molar-refractivity contribution in [1.29, 1.82) is 0 Å². The molecular weight excluding hydrogens is 306 g/mol. The van der Waals surface area contributed by atoms with E-state index in [9.17, 15) is 0 Å². The van der Waals surface area contributed by atoms with Gasteiger partial charge in [0.05, 0.1) is 22.6 Å². The number of halogens is 1. The summed E-state index contributed by atoms with van der Waals surface area (Å²) in [6.07, 6.45) is 2.79. The molecule has 0 aliphatic carbocycles. The van der Waals surface area contributed by atoms with Gasteiger partial charge in [0.2, 0.25) is 0 Å². The Morgan fingerprint density at radius 2 is 2.19 bits per heavy atom. The second kappa shape index (κ2) is 5.42. The number of fused-ring (bicyclic) bond motifs is 1. The van der Waals surface area contributed by atoms with Gasteiger partial charge in [0.15, 0.2) is 5.65 Å². The maximum absolute atomic E-state index is 6.33. The van der Waals surface area contributed by atoms with E-state index in [4.69, 9.17) is 16.6 Å². The quantitative estimate of drug-likeness (QED) is 0.691. The van der Waals surface area contributed by atoms with E-state index in [1.54, 1.807) is 11.3 Å². The molecule has 0 spiro atoms. The van der Waals surface area contributed by atoms with Crippen LogP contribution in [0, 0.1) is 6.92 Å². The van der Waals surface area contributed by atoms with Crippen molar-refractivity contribution < 1.29 is 0 Å². The summed E-state index contributed by atoms with van der Waals surface area (Å²) in [5, 5.41) is 5.48. The smallest absolute Gasteiger partial charge is 0.159 e. The first-order valence-electron chi connectivity index (χ1n) is 6.98. The van der Waals surface area contributed by atoms with Crippen LogP contribution in [0.1, 0.15) is 40.6 Å². The normalized spacial score (nSPS) is 13.2. The number of nitrogens with zero attached hydrogens (tertiary/aromatic N) is 5. The van der Waals surface area contributed by atoms with Crippen LogP contribution in [-0.2, 0) is 20.0 Å². The van der Waals surface area contributed by atoms with E-state index in [0.29, 0.717) is 0 Å². The third-order valence-corrected chi connectivity index (χ3v) is 4.59. The Balaban J connectivity index is 2.18. The van der Waals surface area contributed by atoms with Gasteiger partial charge in [0, 0.05) is 18.1 Å². The van der Waals surface area contributed by atoms with Gasteiger partial charge >= 0.3 is 0 Å². The number of aromatic nitrogens is 5. The predicted molar refractivity (Wildman–Crippen MR) is 86.1 cm³/mol. The van der Waals surface area contributed by atoms with E-state index in [0.717, 1.165) is 40.7 Å². The second-order valence-electron chi connectivity index (χ2n) is 5.11. The Bertz CT molecular complexity index is 783. The summed E-state index contributed by atoms with van der Waals surface area (Å²) >= 11 is 8.03. The lowest BCUT2D eigenvalue weighted by atomic mass is 10.3. The minimum atomic E-state index is -0.142. The fourth-order valence-electron chi connectivity index (χ4n) is 2.59. The van der Waals surface area contributed by atoms with Gasteiger partial charge in [-0.15, -0.1) is 22.9 Å². The highest BCUT2D eigenvalue weighted by Crippen LogP contribution is 2.28. The van der Waals surface area contributed by atoms with Crippen molar-refractivity contribution in [3.63, 3.8) is 0 Å². The van der Waals surface area contributed by atoms with E-state index >= 15 is 0 Å². The van der Waals surface area contributed by atoms with E-state index in [2.05, 4.69) is 21.6 Å². The minimum absolute atomic E-state index is 0.142. The fourth-order valence-corrected chi connectivity index (χ4v) is 3.54. The Labute approximate surface area is 132 Å². The van der Waals surface area contributed by atoms with Gasteiger partial charge in [-0.2, -0.15) is 5.10 Å². The maximum atomic E-state index is 6.33. The molecule has 21 heavy (non-hydrogen) atoms. The highest BCUT2D eigenvalue weighted by atomic mass is 35.5. The summed E-state index contributed by atoms with van der Waals surface area (Å²) in [4.78, 5) is 10.3. The van der Waals surface area contributed by atoms with Gasteiger partial charge in [-0.05, 0) is 20.3 Å². The number of hydrogen-bond acceptors (Lipinski definition) is 4. The molecule has 0 saturated heterocycles. The third kappa shape index (κ3) is 2.46. The molecule has 0 N–H and O–H groups in total. The molecule has 5 nitrogen and oxygen atoms in total. The van der Waals surface area contributed by atoms with Gasteiger partial charge in [0.25, 0.3) is 0 Å². The van der Waals surface area contributed by atoms with Gasteiger partial charge < -0.3 is 4.57 Å². The van der Waals surface area contributed by atoms with Crippen molar-refractivity contribution in [1.82, 2.24) is 24.3 Å². The van der Waals surface area contributed by atoms with Crippen LogP contribution >= 0.6 is 22.9 Å². The molecule has 0 bridgehead atoms. The van der Waals surface area contributed by atoms with E-state index in [1.165, 1.54) is 4.88 Å². The van der Waals surface area contributed by atoms with Crippen LogP contribution < -0.4 is 0 Å². The Morgan fingerprint density at radius 3 is 2.76 bits per heavy atom. The van der Waals surface area contributed by atoms with Crippen LogP contribution in [0.2, 0.25) is 0 Å². The molecule has 3 aromatic rings. The number of hydrogen-bond donors (Lipinski definition) is 0. The topological polar surface area (TPSA) is 48.5 Å². The number of rotatable bonds is 4. The van der Waals surface area contributed by atoms with Crippen molar-refractivity contribution in [2.24, 2.45) is 7.05 Å². The first kappa shape index (κ1) is 14.5. The lowest BCUT2D eigenvalue weighted by molar-refractivity contribution is 0.686. The summed E-state index contributed by atoms with van der Waals surface area (Å²) in [5.74, 6) is 0.889. The molecule has 0 amide bonds. The van der Waals surface area contributed by atoms with E-state index in [1.807, 2.05) is 31.8 Å². The van der Waals surface area contributed by atoms with Crippen LogP contribution in [0.4, 0.5) is 0 Å². The second-order valence-corrected chi connectivity index (χ2v) is 7.09. The van der Waals surface area contributed by atoms with Crippen LogP contribution in [0.15, 0.2) is 6.20 Å². The Kier molecular flexibility index (Phi) is 3.75. The molecule has 3 rings (SSSR count). The van der Waals surface area contributed by atoms with Crippen LogP contribution in [-0.4, -0.2) is 24.3 Å². The molecule has 0 aromatic carbocycles. The zero-order chi connectivity index (χ0) is 15.1. The van der Waals surface area contributed by atoms with Crippen LogP contribution in [0.5, 0.6) is 0 Å². The fraction of sp³-hybridized carbons (Fsp3) is 0.500. The number of aryl methyl sites for hydroxylation is 3. The molecule has 112 valence electrons. The van der Waals surface area contributed by atoms with Gasteiger partial charge in [-0.3, -0.25) is 4.68 Å². The first-order chi connectivity index (χ1) is 10.0. The molecule has 1 atom stereocenters. The van der Waals surface area contributed by atoms with Gasteiger partial charge in [-0.25, -0.2) is 9.97 Å². The summed E-state index contributed by atoms with van der Waals surface area (Å²) in [6, 6.07) is 0. The van der Waals surface area contributed by atoms with Crippen molar-refractivity contribution in [3.8, 4) is 0 Å². The highest BCUT2D eigenvalue weighted by Gasteiger charge is 2.21. The zero-order valence-electron chi connectivity index (χ0n) is 12.6. The first-order valence-corrected chi connectivity index (χ1v) is 8.24. The monoisotopic (exact) mass is 323 g/mol.